The summed E-state index contributed by atoms with van der Waals surface area (Å²) in [6, 6.07) is 7.70. The molecule has 0 aliphatic heterocycles. The van der Waals surface area contributed by atoms with Crippen LogP contribution in [-0.2, 0) is 21.1 Å². The Kier molecular flexibility index (Phi) is 5.62. The van der Waals surface area contributed by atoms with Crippen molar-refractivity contribution in [2.45, 2.75) is 24.5 Å². The third-order valence-corrected chi connectivity index (χ3v) is 6.45. The van der Waals surface area contributed by atoms with E-state index in [0.717, 1.165) is 6.26 Å². The number of benzene rings is 1. The summed E-state index contributed by atoms with van der Waals surface area (Å²) in [5.74, 6) is -1.19. The van der Waals surface area contributed by atoms with Gasteiger partial charge < -0.3 is 5.73 Å². The Bertz CT molecular complexity index is 916. The molecule has 7 nitrogen and oxygen atoms in total. The molecule has 0 saturated heterocycles. The van der Waals surface area contributed by atoms with Crippen LogP contribution in [0.15, 0.2) is 36.5 Å². The van der Waals surface area contributed by atoms with Gasteiger partial charge >= 0.3 is 0 Å². The number of halogens is 1. The van der Waals surface area contributed by atoms with Gasteiger partial charge in [-0.15, -0.1) is 0 Å². The van der Waals surface area contributed by atoms with E-state index < -0.39 is 26.3 Å². The van der Waals surface area contributed by atoms with Crippen LogP contribution in [0.25, 0.3) is 11.1 Å². The van der Waals surface area contributed by atoms with E-state index in [1.54, 1.807) is 24.3 Å². The molecule has 2 rings (SSSR count). The van der Waals surface area contributed by atoms with Gasteiger partial charge in [-0.2, -0.15) is 0 Å². The van der Waals surface area contributed by atoms with Crippen LogP contribution in [0.4, 0.5) is 10.2 Å². The Hall–Kier alpha value is -2.52. The van der Waals surface area contributed by atoms with Crippen molar-refractivity contribution in [2.24, 2.45) is 0 Å². The highest BCUT2D eigenvalue weighted by molar-refractivity contribution is 7.92. The van der Waals surface area contributed by atoms with Crippen molar-refractivity contribution in [3.8, 4) is 11.1 Å². The van der Waals surface area contributed by atoms with Crippen molar-refractivity contribution < 1.29 is 22.8 Å². The van der Waals surface area contributed by atoms with Gasteiger partial charge in [-0.3, -0.25) is 10.0 Å². The fraction of sp³-hybridized carbons (Fsp3) is 0.294. The van der Waals surface area contributed by atoms with E-state index in [4.69, 9.17) is 10.9 Å². The molecule has 1 heterocycles. The zero-order valence-corrected chi connectivity index (χ0v) is 15.2. The minimum absolute atomic E-state index is 0.111. The highest BCUT2D eigenvalue weighted by atomic mass is 32.2. The van der Waals surface area contributed by atoms with Crippen LogP contribution in [0.5, 0.6) is 0 Å². The van der Waals surface area contributed by atoms with Crippen molar-refractivity contribution in [2.75, 3.05) is 12.0 Å². The number of hydrogen-bond donors (Lipinski definition) is 3. The number of pyridine rings is 1. The van der Waals surface area contributed by atoms with Gasteiger partial charge in [0, 0.05) is 23.6 Å². The molecule has 26 heavy (non-hydrogen) atoms. The normalized spacial score (nSPS) is 13.8. The third kappa shape index (κ3) is 4.00. The summed E-state index contributed by atoms with van der Waals surface area (Å²) in [7, 11) is -3.80. The largest absolute Gasteiger partial charge is 0.384 e. The van der Waals surface area contributed by atoms with Crippen molar-refractivity contribution in [1.29, 1.82) is 0 Å². The van der Waals surface area contributed by atoms with Gasteiger partial charge in [0.1, 0.15) is 16.4 Å². The lowest BCUT2D eigenvalue weighted by Crippen LogP contribution is -2.49. The molecular formula is C17H20FN3O4S. The summed E-state index contributed by atoms with van der Waals surface area (Å²) >= 11 is 0. The Labute approximate surface area is 150 Å². The van der Waals surface area contributed by atoms with Gasteiger partial charge in [0.25, 0.3) is 5.91 Å². The van der Waals surface area contributed by atoms with Crippen LogP contribution in [-0.4, -0.2) is 35.5 Å². The number of aromatic nitrogens is 1. The predicted molar refractivity (Wildman–Crippen MR) is 95.5 cm³/mol. The minimum atomic E-state index is -3.80. The van der Waals surface area contributed by atoms with Crippen molar-refractivity contribution in [1.82, 2.24) is 10.5 Å². The first-order valence-corrected chi connectivity index (χ1v) is 9.62. The molecule has 0 aliphatic rings. The van der Waals surface area contributed by atoms with Gasteiger partial charge in [-0.1, -0.05) is 12.1 Å². The molecule has 1 aromatic heterocycles. The lowest BCUT2D eigenvalue weighted by atomic mass is 9.97. The molecule has 1 unspecified atom stereocenters. The second kappa shape index (κ2) is 7.38. The average molecular weight is 381 g/mol. The minimum Gasteiger partial charge on any atom is -0.384 e. The van der Waals surface area contributed by atoms with Gasteiger partial charge in [0.15, 0.2) is 9.84 Å². The van der Waals surface area contributed by atoms with E-state index in [-0.39, 0.29) is 12.8 Å². The molecule has 0 radical (unpaired) electrons. The summed E-state index contributed by atoms with van der Waals surface area (Å²) in [4.78, 5) is 15.7. The van der Waals surface area contributed by atoms with Crippen LogP contribution in [0, 0.1) is 5.82 Å². The van der Waals surface area contributed by atoms with Crippen LogP contribution in [0.1, 0.15) is 18.9 Å². The maximum atomic E-state index is 14.4. The summed E-state index contributed by atoms with van der Waals surface area (Å²) in [6.45, 7) is 1.22. The van der Waals surface area contributed by atoms with E-state index in [2.05, 4.69) is 4.98 Å². The molecule has 4 N–H and O–H groups in total. The number of sulfone groups is 1. The number of aryl methyl sites for hydroxylation is 1. The van der Waals surface area contributed by atoms with Gasteiger partial charge in [0.2, 0.25) is 0 Å². The molecule has 0 spiro atoms. The maximum Gasteiger partial charge on any atom is 0.264 e. The first-order chi connectivity index (χ1) is 12.1. The number of carbonyl (C=O) groups excluding carboxylic acids is 1. The summed E-state index contributed by atoms with van der Waals surface area (Å²) in [6.07, 6.45) is 2.40. The van der Waals surface area contributed by atoms with Crippen molar-refractivity contribution in [3.05, 3.63) is 47.9 Å². The number of amides is 1. The van der Waals surface area contributed by atoms with E-state index in [1.807, 2.05) is 0 Å². The number of nitrogens with zero attached hydrogens (tertiary/aromatic N) is 1. The van der Waals surface area contributed by atoms with E-state index in [1.165, 1.54) is 24.7 Å². The average Bonchev–Trinajstić information content (AvgIpc) is 2.59. The number of hydroxylamine groups is 1. The van der Waals surface area contributed by atoms with Crippen molar-refractivity contribution >= 4 is 21.6 Å². The molecule has 9 heteroatoms. The quantitative estimate of drug-likeness (QED) is 0.517. The van der Waals surface area contributed by atoms with Crippen LogP contribution < -0.4 is 11.2 Å². The lowest BCUT2D eigenvalue weighted by Gasteiger charge is -2.25. The number of anilines is 1. The Morgan fingerprint density at radius 2 is 2.04 bits per heavy atom. The molecule has 140 valence electrons. The zero-order chi connectivity index (χ0) is 19.5. The molecule has 1 aromatic carbocycles. The molecule has 1 amide bonds. The molecule has 2 aromatic rings. The van der Waals surface area contributed by atoms with E-state index >= 15 is 0 Å². The second-order valence-electron chi connectivity index (χ2n) is 6.23. The van der Waals surface area contributed by atoms with Crippen LogP contribution in [0.2, 0.25) is 0 Å². The van der Waals surface area contributed by atoms with E-state index in [9.17, 15) is 17.6 Å². The zero-order valence-electron chi connectivity index (χ0n) is 14.4. The van der Waals surface area contributed by atoms with Gasteiger partial charge in [-0.05, 0) is 43.5 Å². The summed E-state index contributed by atoms with van der Waals surface area (Å²) < 4.78 is 36.5. The molecule has 1 atom stereocenters. The smallest absolute Gasteiger partial charge is 0.264 e. The second-order valence-corrected chi connectivity index (χ2v) is 8.68. The third-order valence-electron chi connectivity index (χ3n) is 4.42. The SMILES string of the molecule is CC(CCc1ccc(-c2ccc(N)nc2)c(F)c1)(C(=O)NO)S(C)(=O)=O. The fourth-order valence-electron chi connectivity index (χ4n) is 2.48. The highest BCUT2D eigenvalue weighted by Crippen LogP contribution is 2.27. The van der Waals surface area contributed by atoms with Crippen LogP contribution >= 0.6 is 0 Å². The number of nitrogen functional groups attached to an aromatic ring is 1. The monoisotopic (exact) mass is 381 g/mol. The number of carbonyl (C=O) groups is 1. The van der Waals surface area contributed by atoms with Crippen molar-refractivity contribution in [3.63, 3.8) is 0 Å². The number of nitrogens with one attached hydrogen (secondary N) is 1. The first kappa shape index (κ1) is 19.8. The fourth-order valence-corrected chi connectivity index (χ4v) is 3.34. The molecular weight excluding hydrogens is 361 g/mol. The summed E-state index contributed by atoms with van der Waals surface area (Å²) in [5.41, 5.74) is 8.32. The Morgan fingerprint density at radius 1 is 1.35 bits per heavy atom. The van der Waals surface area contributed by atoms with Gasteiger partial charge in [0.05, 0.1) is 0 Å². The highest BCUT2D eigenvalue weighted by Gasteiger charge is 2.43. The standard InChI is InChI=1S/C17H20FN3O4S/c1-17(16(22)21-23,26(2,24)25)8-7-11-3-5-13(14(18)9-11)12-4-6-15(19)20-10-12/h3-6,9-10,23H,7-8H2,1-2H3,(H2,19,20)(H,21,22). The Morgan fingerprint density at radius 3 is 2.54 bits per heavy atom. The first-order valence-electron chi connectivity index (χ1n) is 7.73. The Balaban J connectivity index is 2.24. The molecule has 0 bridgehead atoms. The molecule has 0 fully saturated rings. The topological polar surface area (TPSA) is 122 Å². The number of hydrogen-bond acceptors (Lipinski definition) is 6. The van der Waals surface area contributed by atoms with Crippen LogP contribution in [0.3, 0.4) is 0 Å². The number of rotatable bonds is 6. The molecule has 0 aliphatic carbocycles. The lowest BCUT2D eigenvalue weighted by molar-refractivity contribution is -0.131. The summed E-state index contributed by atoms with van der Waals surface area (Å²) in [5, 5.41) is 8.82. The number of nitrogens with two attached hydrogens (primary N) is 1. The van der Waals surface area contributed by atoms with Gasteiger partial charge in [-0.25, -0.2) is 23.3 Å². The van der Waals surface area contributed by atoms with E-state index in [0.29, 0.717) is 22.5 Å². The molecule has 0 saturated carbocycles. The predicted octanol–water partition coefficient (Wildman–Crippen LogP) is 1.71. The maximum absolute atomic E-state index is 14.4.